The summed E-state index contributed by atoms with van der Waals surface area (Å²) >= 11 is 0. The van der Waals surface area contributed by atoms with Gasteiger partial charge in [0.15, 0.2) is 5.78 Å². The van der Waals surface area contributed by atoms with Gasteiger partial charge in [-0.25, -0.2) is 9.37 Å². The van der Waals surface area contributed by atoms with Crippen molar-refractivity contribution in [2.24, 2.45) is 11.8 Å². The Kier molecular flexibility index (Phi) is 5.38. The van der Waals surface area contributed by atoms with Gasteiger partial charge in [0.25, 0.3) is 0 Å². The lowest BCUT2D eigenvalue weighted by molar-refractivity contribution is -0.142. The molecular formula is C26H22FN3O3. The predicted octanol–water partition coefficient (Wildman–Crippen LogP) is 5.80. The molecule has 3 aromatic carbocycles. The Labute approximate surface area is 189 Å². The number of nitrogens with one attached hydrogen (secondary N) is 2. The number of rotatable bonds is 6. The summed E-state index contributed by atoms with van der Waals surface area (Å²) in [6.07, 6.45) is 1.89. The van der Waals surface area contributed by atoms with E-state index in [4.69, 9.17) is 0 Å². The second-order valence-electron chi connectivity index (χ2n) is 8.35. The molecule has 0 bridgehead atoms. The SMILES string of the molecule is O=C(O)C1CCCC1C(=O)c1ccc(-c2ccc(Nc3nc4ccccc4[nH]3)c(F)c2)cc1. The summed E-state index contributed by atoms with van der Waals surface area (Å²) in [5.74, 6) is -2.11. The number of aromatic nitrogens is 2. The Morgan fingerprint density at radius 1 is 0.970 bits per heavy atom. The molecule has 0 saturated heterocycles. The first-order valence-corrected chi connectivity index (χ1v) is 10.9. The smallest absolute Gasteiger partial charge is 0.307 e. The van der Waals surface area contributed by atoms with E-state index in [0.717, 1.165) is 23.0 Å². The molecule has 33 heavy (non-hydrogen) atoms. The van der Waals surface area contributed by atoms with E-state index >= 15 is 0 Å². The third-order valence-corrected chi connectivity index (χ3v) is 6.28. The monoisotopic (exact) mass is 443 g/mol. The number of carboxylic acids is 1. The van der Waals surface area contributed by atoms with Crippen LogP contribution in [0, 0.1) is 17.7 Å². The molecule has 1 heterocycles. The average Bonchev–Trinajstić information content (AvgIpc) is 3.47. The fourth-order valence-electron chi connectivity index (χ4n) is 4.55. The maximum atomic E-state index is 14.8. The highest BCUT2D eigenvalue weighted by molar-refractivity contribution is 6.00. The van der Waals surface area contributed by atoms with Crippen molar-refractivity contribution < 1.29 is 19.1 Å². The molecule has 0 spiro atoms. The molecule has 1 aliphatic rings. The molecule has 2 atom stereocenters. The van der Waals surface area contributed by atoms with Gasteiger partial charge in [-0.15, -0.1) is 0 Å². The molecule has 3 N–H and O–H groups in total. The number of carboxylic acid groups (broad SMARTS) is 1. The van der Waals surface area contributed by atoms with Crippen LogP contribution < -0.4 is 5.32 Å². The first-order valence-electron chi connectivity index (χ1n) is 10.9. The second-order valence-corrected chi connectivity index (χ2v) is 8.35. The Morgan fingerprint density at radius 2 is 1.70 bits per heavy atom. The molecule has 5 rings (SSSR count). The second kappa shape index (κ2) is 8.50. The van der Waals surface area contributed by atoms with Crippen LogP contribution >= 0.6 is 0 Å². The number of ketones is 1. The van der Waals surface area contributed by atoms with Gasteiger partial charge in [0.05, 0.1) is 22.6 Å². The normalized spacial score (nSPS) is 17.8. The van der Waals surface area contributed by atoms with E-state index in [9.17, 15) is 19.1 Å². The number of benzene rings is 3. The van der Waals surface area contributed by atoms with Gasteiger partial charge < -0.3 is 15.4 Å². The minimum atomic E-state index is -0.908. The Bertz CT molecular complexity index is 1310. The van der Waals surface area contributed by atoms with Crippen molar-refractivity contribution >= 4 is 34.4 Å². The van der Waals surface area contributed by atoms with Crippen LogP contribution in [-0.2, 0) is 4.79 Å². The lowest BCUT2D eigenvalue weighted by Crippen LogP contribution is -2.25. The zero-order valence-corrected chi connectivity index (χ0v) is 17.7. The van der Waals surface area contributed by atoms with E-state index in [1.54, 1.807) is 36.4 Å². The molecular weight excluding hydrogens is 421 g/mol. The number of para-hydroxylation sites is 2. The number of anilines is 2. The molecule has 6 nitrogen and oxygen atoms in total. The summed E-state index contributed by atoms with van der Waals surface area (Å²) in [6.45, 7) is 0. The van der Waals surface area contributed by atoms with Gasteiger partial charge in [-0.3, -0.25) is 9.59 Å². The Balaban J connectivity index is 1.33. The number of hydrogen-bond donors (Lipinski definition) is 3. The fourth-order valence-corrected chi connectivity index (χ4v) is 4.55. The minimum absolute atomic E-state index is 0.136. The van der Waals surface area contributed by atoms with Crippen LogP contribution in [0.1, 0.15) is 29.6 Å². The summed E-state index contributed by atoms with van der Waals surface area (Å²) in [5.41, 5.74) is 3.87. The molecule has 0 radical (unpaired) electrons. The number of aromatic amines is 1. The topological polar surface area (TPSA) is 95.1 Å². The van der Waals surface area contributed by atoms with Crippen LogP contribution in [0.3, 0.4) is 0 Å². The van der Waals surface area contributed by atoms with E-state index in [0.29, 0.717) is 35.6 Å². The number of hydrogen-bond acceptors (Lipinski definition) is 4. The number of Topliss-reactive ketones (excluding diaryl/α,β-unsaturated/α-hetero) is 1. The number of fused-ring (bicyclic) bond motifs is 1. The maximum absolute atomic E-state index is 14.8. The zero-order valence-electron chi connectivity index (χ0n) is 17.7. The largest absolute Gasteiger partial charge is 0.481 e. The molecule has 1 aliphatic carbocycles. The van der Waals surface area contributed by atoms with Crippen molar-refractivity contribution in [1.82, 2.24) is 9.97 Å². The number of carbonyl (C=O) groups excluding carboxylic acids is 1. The summed E-state index contributed by atoms with van der Waals surface area (Å²) in [5, 5.41) is 12.3. The van der Waals surface area contributed by atoms with Crippen LogP contribution in [0.15, 0.2) is 66.7 Å². The van der Waals surface area contributed by atoms with Crippen molar-refractivity contribution in [3.8, 4) is 11.1 Å². The molecule has 1 aromatic heterocycles. The van der Waals surface area contributed by atoms with E-state index in [1.807, 2.05) is 24.3 Å². The molecule has 2 unspecified atom stereocenters. The van der Waals surface area contributed by atoms with Gasteiger partial charge in [-0.1, -0.05) is 48.9 Å². The molecule has 166 valence electrons. The number of H-pyrrole nitrogens is 1. The lowest BCUT2D eigenvalue weighted by Gasteiger charge is -2.15. The number of carbonyl (C=O) groups is 2. The van der Waals surface area contributed by atoms with E-state index in [2.05, 4.69) is 15.3 Å². The van der Waals surface area contributed by atoms with Gasteiger partial charge in [0.1, 0.15) is 5.82 Å². The third kappa shape index (κ3) is 4.09. The Morgan fingerprint density at radius 3 is 2.42 bits per heavy atom. The highest BCUT2D eigenvalue weighted by atomic mass is 19.1. The van der Waals surface area contributed by atoms with Crippen LogP contribution in [0.4, 0.5) is 16.0 Å². The van der Waals surface area contributed by atoms with Crippen molar-refractivity contribution in [2.75, 3.05) is 5.32 Å². The van der Waals surface area contributed by atoms with E-state index in [-0.39, 0.29) is 5.78 Å². The first kappa shape index (κ1) is 20.9. The first-order chi connectivity index (χ1) is 16.0. The van der Waals surface area contributed by atoms with Gasteiger partial charge in [-0.2, -0.15) is 0 Å². The number of aliphatic carboxylic acids is 1. The zero-order chi connectivity index (χ0) is 22.9. The lowest BCUT2D eigenvalue weighted by atomic mass is 9.88. The summed E-state index contributed by atoms with van der Waals surface area (Å²) in [7, 11) is 0. The maximum Gasteiger partial charge on any atom is 0.307 e. The highest BCUT2D eigenvalue weighted by Crippen LogP contribution is 2.35. The van der Waals surface area contributed by atoms with E-state index < -0.39 is 23.6 Å². The summed E-state index contributed by atoms with van der Waals surface area (Å²) in [6, 6.07) is 19.3. The van der Waals surface area contributed by atoms with Crippen LogP contribution in [0.2, 0.25) is 0 Å². The van der Waals surface area contributed by atoms with Crippen molar-refractivity contribution in [1.29, 1.82) is 0 Å². The Hall–Kier alpha value is -4.00. The standard InChI is InChI=1S/C26H22FN3O3/c27-20-14-17(12-13-21(20)28-26-29-22-6-1-2-7-23(22)30-26)15-8-10-16(11-9-15)24(31)18-4-3-5-19(18)25(32)33/h1-2,6-14,18-19H,3-5H2,(H,32,33)(H2,28,29,30). The van der Waals surface area contributed by atoms with Gasteiger partial charge in [0, 0.05) is 11.5 Å². The highest BCUT2D eigenvalue weighted by Gasteiger charge is 2.37. The molecule has 7 heteroatoms. The van der Waals surface area contributed by atoms with Gasteiger partial charge in [-0.05, 0) is 48.2 Å². The van der Waals surface area contributed by atoms with Gasteiger partial charge in [0.2, 0.25) is 5.95 Å². The van der Waals surface area contributed by atoms with Crippen LogP contribution in [-0.4, -0.2) is 26.8 Å². The third-order valence-electron chi connectivity index (χ3n) is 6.28. The quantitative estimate of drug-likeness (QED) is 0.328. The molecule has 1 saturated carbocycles. The predicted molar refractivity (Wildman–Crippen MR) is 124 cm³/mol. The molecule has 0 aliphatic heterocycles. The van der Waals surface area contributed by atoms with Crippen molar-refractivity contribution in [3.63, 3.8) is 0 Å². The van der Waals surface area contributed by atoms with Crippen molar-refractivity contribution in [2.45, 2.75) is 19.3 Å². The van der Waals surface area contributed by atoms with Gasteiger partial charge >= 0.3 is 5.97 Å². The number of nitrogens with zero attached hydrogens (tertiary/aromatic N) is 1. The minimum Gasteiger partial charge on any atom is -0.481 e. The average molecular weight is 443 g/mol. The summed E-state index contributed by atoms with van der Waals surface area (Å²) < 4.78 is 14.8. The van der Waals surface area contributed by atoms with Crippen LogP contribution in [0.5, 0.6) is 0 Å². The molecule has 0 amide bonds. The van der Waals surface area contributed by atoms with E-state index in [1.165, 1.54) is 6.07 Å². The van der Waals surface area contributed by atoms with Crippen molar-refractivity contribution in [3.05, 3.63) is 78.1 Å². The number of imidazole rings is 1. The summed E-state index contributed by atoms with van der Waals surface area (Å²) in [4.78, 5) is 31.7. The molecule has 4 aromatic rings. The fraction of sp³-hybridized carbons (Fsp3) is 0.192. The van der Waals surface area contributed by atoms with Crippen LogP contribution in [0.25, 0.3) is 22.2 Å². The number of halogens is 1. The molecule has 1 fully saturated rings.